The highest BCUT2D eigenvalue weighted by molar-refractivity contribution is 5.79. The lowest BCUT2D eigenvalue weighted by Crippen LogP contribution is -2.42. The number of carbonyl (C=O) groups is 1. The zero-order valence-electron chi connectivity index (χ0n) is 12.4. The third-order valence-electron chi connectivity index (χ3n) is 2.96. The Balaban J connectivity index is 4.58. The van der Waals surface area contributed by atoms with Gasteiger partial charge in [-0.15, -0.1) is 0 Å². The second-order valence-electron chi connectivity index (χ2n) is 6.10. The van der Waals surface area contributed by atoms with E-state index in [9.17, 15) is 4.79 Å². The van der Waals surface area contributed by atoms with Crippen LogP contribution in [-0.2, 0) is 4.79 Å². The summed E-state index contributed by atoms with van der Waals surface area (Å²) in [5.41, 5.74) is 5.83. The van der Waals surface area contributed by atoms with Crippen molar-refractivity contribution in [3.63, 3.8) is 0 Å². The number of aliphatic hydroxyl groups is 1. The van der Waals surface area contributed by atoms with Gasteiger partial charge in [0.25, 0.3) is 0 Å². The van der Waals surface area contributed by atoms with Crippen molar-refractivity contribution in [2.45, 2.75) is 47.0 Å². The highest BCUT2D eigenvalue weighted by Gasteiger charge is 2.27. The zero-order chi connectivity index (χ0) is 14.2. The van der Waals surface area contributed by atoms with Gasteiger partial charge in [-0.2, -0.15) is 0 Å². The summed E-state index contributed by atoms with van der Waals surface area (Å²) < 4.78 is 0. The minimum atomic E-state index is -0.131. The van der Waals surface area contributed by atoms with Gasteiger partial charge in [0.05, 0.1) is 12.5 Å². The molecule has 3 N–H and O–H groups in total. The Morgan fingerprint density at radius 2 is 1.94 bits per heavy atom. The highest BCUT2D eigenvalue weighted by Crippen LogP contribution is 2.25. The maximum absolute atomic E-state index is 12.4. The highest BCUT2D eigenvalue weighted by atomic mass is 16.3. The minimum absolute atomic E-state index is 0.0161. The molecule has 1 unspecified atom stereocenters. The molecule has 0 bridgehead atoms. The van der Waals surface area contributed by atoms with Gasteiger partial charge >= 0.3 is 0 Å². The Bertz CT molecular complexity index is 236. The Labute approximate surface area is 112 Å². The van der Waals surface area contributed by atoms with Gasteiger partial charge in [-0.3, -0.25) is 4.79 Å². The molecule has 1 atom stereocenters. The first-order valence-corrected chi connectivity index (χ1v) is 6.95. The summed E-state index contributed by atoms with van der Waals surface area (Å²) in [6, 6.07) is 0. The first-order chi connectivity index (χ1) is 8.35. The first kappa shape index (κ1) is 17.4. The SMILES string of the molecule is CCCCN(CCO)C(=O)C(CN)CC(C)(C)C. The van der Waals surface area contributed by atoms with Crippen LogP contribution in [0.3, 0.4) is 0 Å². The molecule has 0 aromatic heterocycles. The van der Waals surface area contributed by atoms with Crippen LogP contribution in [0.4, 0.5) is 0 Å². The van der Waals surface area contributed by atoms with Crippen LogP contribution >= 0.6 is 0 Å². The number of carbonyl (C=O) groups excluding carboxylic acids is 1. The molecule has 0 radical (unpaired) electrons. The monoisotopic (exact) mass is 258 g/mol. The molecule has 0 rings (SSSR count). The molecule has 0 aromatic rings. The number of unbranched alkanes of at least 4 members (excludes halogenated alkanes) is 1. The van der Waals surface area contributed by atoms with Crippen LogP contribution in [-0.4, -0.2) is 42.2 Å². The molecule has 1 amide bonds. The molecule has 0 heterocycles. The summed E-state index contributed by atoms with van der Waals surface area (Å²) in [6.45, 7) is 9.97. The van der Waals surface area contributed by atoms with Crippen LogP contribution in [0.15, 0.2) is 0 Å². The van der Waals surface area contributed by atoms with Gasteiger partial charge in [0.2, 0.25) is 5.91 Å². The van der Waals surface area contributed by atoms with Gasteiger partial charge < -0.3 is 15.7 Å². The van der Waals surface area contributed by atoms with E-state index in [4.69, 9.17) is 10.8 Å². The van der Waals surface area contributed by atoms with E-state index in [2.05, 4.69) is 27.7 Å². The van der Waals surface area contributed by atoms with Gasteiger partial charge in [-0.05, 0) is 18.3 Å². The van der Waals surface area contributed by atoms with Crippen LogP contribution in [0.2, 0.25) is 0 Å². The Kier molecular flexibility index (Phi) is 8.20. The molecule has 0 saturated carbocycles. The summed E-state index contributed by atoms with van der Waals surface area (Å²) in [5, 5.41) is 9.05. The van der Waals surface area contributed by atoms with Crippen molar-refractivity contribution in [3.05, 3.63) is 0 Å². The molecule has 0 aliphatic carbocycles. The van der Waals surface area contributed by atoms with Crippen molar-refractivity contribution in [3.8, 4) is 0 Å². The van der Waals surface area contributed by atoms with E-state index < -0.39 is 0 Å². The van der Waals surface area contributed by atoms with E-state index in [1.165, 1.54) is 0 Å². The standard InChI is InChI=1S/C14H30N2O2/c1-5-6-7-16(8-9-17)13(18)12(11-15)10-14(2,3)4/h12,17H,5-11,15H2,1-4H3. The second kappa shape index (κ2) is 8.48. The average Bonchev–Trinajstić information content (AvgIpc) is 2.29. The number of hydrogen-bond acceptors (Lipinski definition) is 3. The van der Waals surface area contributed by atoms with E-state index in [-0.39, 0.29) is 23.8 Å². The first-order valence-electron chi connectivity index (χ1n) is 6.95. The summed E-state index contributed by atoms with van der Waals surface area (Å²) in [7, 11) is 0. The van der Waals surface area contributed by atoms with Gasteiger partial charge in [-0.1, -0.05) is 34.1 Å². The van der Waals surface area contributed by atoms with E-state index in [0.717, 1.165) is 25.8 Å². The predicted octanol–water partition coefficient (Wildman–Crippen LogP) is 1.62. The lowest BCUT2D eigenvalue weighted by atomic mass is 9.84. The fourth-order valence-corrected chi connectivity index (χ4v) is 2.07. The lowest BCUT2D eigenvalue weighted by Gasteiger charge is -2.30. The second-order valence-corrected chi connectivity index (χ2v) is 6.10. The summed E-state index contributed by atoms with van der Waals surface area (Å²) >= 11 is 0. The third kappa shape index (κ3) is 6.97. The molecule has 0 aliphatic rings. The molecule has 4 nitrogen and oxygen atoms in total. The molecule has 108 valence electrons. The number of nitrogens with zero attached hydrogens (tertiary/aromatic N) is 1. The third-order valence-corrected chi connectivity index (χ3v) is 2.96. The minimum Gasteiger partial charge on any atom is -0.395 e. The molecule has 0 saturated heterocycles. The number of rotatable bonds is 8. The molecular weight excluding hydrogens is 228 g/mol. The van der Waals surface area contributed by atoms with Crippen LogP contribution in [0.5, 0.6) is 0 Å². The summed E-state index contributed by atoms with van der Waals surface area (Å²) in [4.78, 5) is 14.1. The van der Waals surface area contributed by atoms with Crippen LogP contribution in [0, 0.1) is 11.3 Å². The fourth-order valence-electron chi connectivity index (χ4n) is 2.07. The number of amides is 1. The van der Waals surface area contributed by atoms with Crippen molar-refractivity contribution in [1.29, 1.82) is 0 Å². The number of aliphatic hydroxyl groups excluding tert-OH is 1. The molecule has 0 fully saturated rings. The van der Waals surface area contributed by atoms with E-state index >= 15 is 0 Å². The van der Waals surface area contributed by atoms with Crippen molar-refractivity contribution in [1.82, 2.24) is 4.90 Å². The van der Waals surface area contributed by atoms with Crippen LogP contribution in [0.1, 0.15) is 47.0 Å². The summed E-state index contributed by atoms with van der Waals surface area (Å²) in [6.07, 6.45) is 2.80. The zero-order valence-corrected chi connectivity index (χ0v) is 12.4. The smallest absolute Gasteiger partial charge is 0.227 e. The van der Waals surface area contributed by atoms with Crippen molar-refractivity contribution < 1.29 is 9.90 Å². The predicted molar refractivity (Wildman–Crippen MR) is 75.2 cm³/mol. The van der Waals surface area contributed by atoms with Crippen molar-refractivity contribution in [2.24, 2.45) is 17.1 Å². The Morgan fingerprint density at radius 1 is 1.33 bits per heavy atom. The summed E-state index contributed by atoms with van der Waals surface area (Å²) in [5.74, 6) is -0.0386. The maximum Gasteiger partial charge on any atom is 0.227 e. The molecular formula is C14H30N2O2. The van der Waals surface area contributed by atoms with Gasteiger partial charge in [0, 0.05) is 19.6 Å². The molecule has 0 aromatic carbocycles. The van der Waals surface area contributed by atoms with E-state index in [1.54, 1.807) is 4.90 Å². The fraction of sp³-hybridized carbons (Fsp3) is 0.929. The van der Waals surface area contributed by atoms with Crippen LogP contribution in [0.25, 0.3) is 0 Å². The van der Waals surface area contributed by atoms with E-state index in [1.807, 2.05) is 0 Å². The van der Waals surface area contributed by atoms with Crippen LogP contribution < -0.4 is 5.73 Å². The van der Waals surface area contributed by atoms with E-state index in [0.29, 0.717) is 13.1 Å². The molecule has 0 spiro atoms. The van der Waals surface area contributed by atoms with Crippen molar-refractivity contribution >= 4 is 5.91 Å². The number of hydrogen-bond donors (Lipinski definition) is 2. The molecule has 4 heteroatoms. The topological polar surface area (TPSA) is 66.6 Å². The van der Waals surface area contributed by atoms with Crippen molar-refractivity contribution in [2.75, 3.05) is 26.2 Å². The van der Waals surface area contributed by atoms with Gasteiger partial charge in [0.1, 0.15) is 0 Å². The normalized spacial score (nSPS) is 13.4. The Morgan fingerprint density at radius 3 is 2.33 bits per heavy atom. The average molecular weight is 258 g/mol. The Hall–Kier alpha value is -0.610. The number of nitrogens with two attached hydrogens (primary N) is 1. The largest absolute Gasteiger partial charge is 0.395 e. The molecule has 0 aliphatic heterocycles. The van der Waals surface area contributed by atoms with Gasteiger partial charge in [0.15, 0.2) is 0 Å². The quantitative estimate of drug-likeness (QED) is 0.695. The maximum atomic E-state index is 12.4. The molecule has 18 heavy (non-hydrogen) atoms. The van der Waals surface area contributed by atoms with Gasteiger partial charge in [-0.25, -0.2) is 0 Å². The lowest BCUT2D eigenvalue weighted by molar-refractivity contribution is -0.136.